The first-order valence-corrected chi connectivity index (χ1v) is 6.99. The Hall–Kier alpha value is -1.77. The average Bonchev–Trinajstić information content (AvgIpc) is 2.45. The second-order valence-corrected chi connectivity index (χ2v) is 5.60. The molecule has 0 unspecified atom stereocenters. The Morgan fingerprint density at radius 1 is 1.21 bits per heavy atom. The van der Waals surface area contributed by atoms with Crippen LogP contribution in [0.15, 0.2) is 24.3 Å². The highest BCUT2D eigenvalue weighted by Crippen LogP contribution is 2.16. The summed E-state index contributed by atoms with van der Waals surface area (Å²) in [4.78, 5) is 16.6. The quantitative estimate of drug-likeness (QED) is 0.726. The second-order valence-electron chi connectivity index (χ2n) is 5.60. The fourth-order valence-electron chi connectivity index (χ4n) is 2.89. The fraction of sp³-hybridized carbons (Fsp3) is 0.438. The average molecular weight is 256 g/mol. The van der Waals surface area contributed by atoms with Crippen molar-refractivity contribution in [1.82, 2.24) is 9.80 Å². The van der Waals surface area contributed by atoms with E-state index in [9.17, 15) is 4.79 Å². The molecule has 3 heteroatoms. The van der Waals surface area contributed by atoms with Gasteiger partial charge in [-0.05, 0) is 5.22 Å². The van der Waals surface area contributed by atoms with Crippen molar-refractivity contribution in [3.63, 3.8) is 0 Å². The first kappa shape index (κ1) is 12.3. The molecule has 3 nitrogen and oxygen atoms in total. The smallest absolute Gasteiger partial charge is 0.225 e. The van der Waals surface area contributed by atoms with Gasteiger partial charge in [0.25, 0.3) is 0 Å². The van der Waals surface area contributed by atoms with Gasteiger partial charge in [-0.3, -0.25) is 4.79 Å². The summed E-state index contributed by atoms with van der Waals surface area (Å²) in [6.07, 6.45) is 2.28. The number of rotatable bonds is 1. The zero-order valence-corrected chi connectivity index (χ0v) is 11.6. The number of benzene rings is 1. The minimum atomic E-state index is 0.0811. The summed E-state index contributed by atoms with van der Waals surface area (Å²) in [5, 5.41) is 2.59. The van der Waals surface area contributed by atoms with Crippen LogP contribution in [0, 0.1) is 5.92 Å². The lowest BCUT2D eigenvalue weighted by atomic mass is 10.1. The van der Waals surface area contributed by atoms with Crippen LogP contribution in [0.1, 0.15) is 13.8 Å². The van der Waals surface area contributed by atoms with E-state index in [1.54, 1.807) is 0 Å². The SMILES string of the molecule is CC(C)C(=O)N1CCN2CC=c3ccccc3=C2C1. The molecule has 1 aromatic rings. The summed E-state index contributed by atoms with van der Waals surface area (Å²) in [6, 6.07) is 8.47. The molecular weight excluding hydrogens is 236 g/mol. The Balaban J connectivity index is 2.01. The van der Waals surface area contributed by atoms with E-state index in [1.807, 2.05) is 18.7 Å². The van der Waals surface area contributed by atoms with Crippen LogP contribution in [0.25, 0.3) is 11.8 Å². The number of hydrogen-bond donors (Lipinski definition) is 0. The molecular formula is C16H20N2O. The van der Waals surface area contributed by atoms with Crippen molar-refractivity contribution < 1.29 is 4.79 Å². The van der Waals surface area contributed by atoms with Crippen molar-refractivity contribution >= 4 is 17.7 Å². The Kier molecular flexibility index (Phi) is 3.05. The summed E-state index contributed by atoms with van der Waals surface area (Å²) < 4.78 is 0. The fourth-order valence-corrected chi connectivity index (χ4v) is 2.89. The Labute approximate surface area is 113 Å². The van der Waals surface area contributed by atoms with Gasteiger partial charge in [-0.1, -0.05) is 44.2 Å². The van der Waals surface area contributed by atoms with Crippen molar-refractivity contribution in [3.8, 4) is 0 Å². The summed E-state index contributed by atoms with van der Waals surface area (Å²) in [5.41, 5.74) is 1.30. The van der Waals surface area contributed by atoms with Gasteiger partial charge in [0.15, 0.2) is 0 Å². The van der Waals surface area contributed by atoms with Crippen LogP contribution >= 0.6 is 0 Å². The van der Waals surface area contributed by atoms with Gasteiger partial charge in [0, 0.05) is 36.5 Å². The molecule has 0 aliphatic carbocycles. The first-order valence-electron chi connectivity index (χ1n) is 6.99. The largest absolute Gasteiger partial charge is 0.367 e. The van der Waals surface area contributed by atoms with Crippen molar-refractivity contribution in [2.75, 3.05) is 26.2 Å². The van der Waals surface area contributed by atoms with Gasteiger partial charge in [-0.2, -0.15) is 0 Å². The Bertz CT molecular complexity index is 618. The van der Waals surface area contributed by atoms with Crippen LogP contribution in [-0.2, 0) is 4.79 Å². The molecule has 0 N–H and O–H groups in total. The lowest BCUT2D eigenvalue weighted by Crippen LogP contribution is -2.52. The highest BCUT2D eigenvalue weighted by atomic mass is 16.2. The van der Waals surface area contributed by atoms with Gasteiger partial charge in [0.1, 0.15) is 0 Å². The molecule has 100 valence electrons. The number of amides is 1. The maximum absolute atomic E-state index is 12.2. The molecule has 0 radical (unpaired) electrons. The molecule has 1 amide bonds. The van der Waals surface area contributed by atoms with Crippen molar-refractivity contribution in [2.45, 2.75) is 13.8 Å². The molecule has 0 atom stereocenters. The number of nitrogens with zero attached hydrogens (tertiary/aromatic N) is 2. The lowest BCUT2D eigenvalue weighted by molar-refractivity contribution is -0.134. The van der Waals surface area contributed by atoms with E-state index in [4.69, 9.17) is 0 Å². The van der Waals surface area contributed by atoms with Gasteiger partial charge < -0.3 is 9.80 Å². The first-order chi connectivity index (χ1) is 9.16. The minimum Gasteiger partial charge on any atom is -0.367 e. The van der Waals surface area contributed by atoms with Gasteiger partial charge in [0.05, 0.1) is 6.54 Å². The molecule has 1 aromatic carbocycles. The molecule has 0 saturated carbocycles. The standard InChI is InChI=1S/C16H20N2O/c1-12(2)16(19)18-10-9-17-8-7-13-5-3-4-6-14(13)15(17)11-18/h3-7,12H,8-11H2,1-2H3. The third-order valence-corrected chi connectivity index (χ3v) is 3.97. The Morgan fingerprint density at radius 3 is 2.79 bits per heavy atom. The molecule has 2 heterocycles. The van der Waals surface area contributed by atoms with E-state index in [1.165, 1.54) is 16.1 Å². The van der Waals surface area contributed by atoms with Crippen LogP contribution < -0.4 is 10.4 Å². The summed E-state index contributed by atoms with van der Waals surface area (Å²) in [5.74, 6) is 0.344. The zero-order valence-electron chi connectivity index (χ0n) is 11.6. The number of carbonyl (C=O) groups is 1. The van der Waals surface area contributed by atoms with E-state index >= 15 is 0 Å². The van der Waals surface area contributed by atoms with E-state index in [0.29, 0.717) is 0 Å². The molecule has 0 spiro atoms. The van der Waals surface area contributed by atoms with Crippen molar-refractivity contribution in [1.29, 1.82) is 0 Å². The third-order valence-electron chi connectivity index (χ3n) is 3.97. The monoisotopic (exact) mass is 256 g/mol. The molecule has 19 heavy (non-hydrogen) atoms. The molecule has 1 saturated heterocycles. The maximum atomic E-state index is 12.2. The van der Waals surface area contributed by atoms with Gasteiger partial charge >= 0.3 is 0 Å². The molecule has 0 aromatic heterocycles. The van der Waals surface area contributed by atoms with Crippen molar-refractivity contribution in [2.24, 2.45) is 5.92 Å². The van der Waals surface area contributed by atoms with Gasteiger partial charge in [-0.15, -0.1) is 0 Å². The summed E-state index contributed by atoms with van der Waals surface area (Å²) >= 11 is 0. The van der Waals surface area contributed by atoms with Crippen LogP contribution in [-0.4, -0.2) is 41.9 Å². The van der Waals surface area contributed by atoms with E-state index < -0.39 is 0 Å². The number of carbonyl (C=O) groups excluding carboxylic acids is 1. The van der Waals surface area contributed by atoms with Crippen LogP contribution in [0.5, 0.6) is 0 Å². The number of hydrogen-bond acceptors (Lipinski definition) is 2. The van der Waals surface area contributed by atoms with E-state index in [0.717, 1.165) is 26.2 Å². The third kappa shape index (κ3) is 2.14. The van der Waals surface area contributed by atoms with Crippen LogP contribution in [0.2, 0.25) is 0 Å². The highest BCUT2D eigenvalue weighted by molar-refractivity contribution is 5.79. The molecule has 3 rings (SSSR count). The predicted octanol–water partition coefficient (Wildman–Crippen LogP) is 0.389. The molecule has 2 aliphatic heterocycles. The lowest BCUT2D eigenvalue weighted by Gasteiger charge is -2.39. The molecule has 2 aliphatic rings. The van der Waals surface area contributed by atoms with Crippen LogP contribution in [0.4, 0.5) is 0 Å². The number of fused-ring (bicyclic) bond motifs is 2. The second kappa shape index (κ2) is 4.72. The molecule has 0 bridgehead atoms. The molecule has 1 fully saturated rings. The zero-order chi connectivity index (χ0) is 13.4. The van der Waals surface area contributed by atoms with Crippen LogP contribution in [0.3, 0.4) is 0 Å². The predicted molar refractivity (Wildman–Crippen MR) is 76.6 cm³/mol. The van der Waals surface area contributed by atoms with E-state index in [-0.39, 0.29) is 11.8 Å². The summed E-state index contributed by atoms with van der Waals surface area (Å²) in [7, 11) is 0. The van der Waals surface area contributed by atoms with Crippen molar-refractivity contribution in [3.05, 3.63) is 34.7 Å². The highest BCUT2D eigenvalue weighted by Gasteiger charge is 2.26. The summed E-state index contributed by atoms with van der Waals surface area (Å²) in [6.45, 7) is 7.46. The van der Waals surface area contributed by atoms with E-state index in [2.05, 4.69) is 35.2 Å². The van der Waals surface area contributed by atoms with Gasteiger partial charge in [0.2, 0.25) is 5.91 Å². The Morgan fingerprint density at radius 2 is 2.00 bits per heavy atom. The number of piperazine rings is 1. The topological polar surface area (TPSA) is 23.6 Å². The maximum Gasteiger partial charge on any atom is 0.225 e. The minimum absolute atomic E-state index is 0.0811. The van der Waals surface area contributed by atoms with Gasteiger partial charge in [-0.25, -0.2) is 0 Å². The normalized spacial score (nSPS) is 17.9.